The molecule has 3 aromatic rings. The molecular formula is C15H14IN5O3. The SMILES string of the molecule is Oc1ccc(O)c(Nc2nc(I)nc3c2ncn3C2CCCO2)c1. The van der Waals surface area contributed by atoms with E-state index in [9.17, 15) is 10.2 Å². The number of halogens is 1. The van der Waals surface area contributed by atoms with Crippen LogP contribution >= 0.6 is 22.6 Å². The molecule has 1 fully saturated rings. The first-order chi connectivity index (χ1) is 11.6. The molecule has 0 saturated carbocycles. The van der Waals surface area contributed by atoms with Crippen molar-refractivity contribution in [2.24, 2.45) is 0 Å². The van der Waals surface area contributed by atoms with Crippen LogP contribution in [0.5, 0.6) is 11.5 Å². The number of rotatable bonds is 3. The minimum absolute atomic E-state index is 0.00753. The summed E-state index contributed by atoms with van der Waals surface area (Å²) < 4.78 is 8.15. The van der Waals surface area contributed by atoms with Crippen LogP contribution in [0.15, 0.2) is 24.5 Å². The predicted molar refractivity (Wildman–Crippen MR) is 95.3 cm³/mol. The number of phenolic OH excluding ortho intramolecular Hbond substituents is 2. The average Bonchev–Trinajstić information content (AvgIpc) is 3.19. The summed E-state index contributed by atoms with van der Waals surface area (Å²) in [6.45, 7) is 0.731. The van der Waals surface area contributed by atoms with Crippen LogP contribution in [-0.4, -0.2) is 36.3 Å². The van der Waals surface area contributed by atoms with Gasteiger partial charge in [0, 0.05) is 35.3 Å². The van der Waals surface area contributed by atoms with E-state index in [4.69, 9.17) is 4.74 Å². The van der Waals surface area contributed by atoms with Crippen LogP contribution in [0.4, 0.5) is 11.5 Å². The number of fused-ring (bicyclic) bond motifs is 1. The first kappa shape index (κ1) is 15.4. The molecule has 1 aromatic carbocycles. The molecule has 1 saturated heterocycles. The average molecular weight is 439 g/mol. The van der Waals surface area contributed by atoms with Crippen LogP contribution in [0.1, 0.15) is 19.1 Å². The molecule has 1 aliphatic heterocycles. The normalized spacial score (nSPS) is 17.5. The number of nitrogens with zero attached hydrogens (tertiary/aromatic N) is 4. The Morgan fingerprint density at radius 1 is 1.29 bits per heavy atom. The van der Waals surface area contributed by atoms with Crippen molar-refractivity contribution in [3.05, 3.63) is 28.4 Å². The van der Waals surface area contributed by atoms with Crippen LogP contribution in [-0.2, 0) is 4.74 Å². The van der Waals surface area contributed by atoms with Crippen molar-refractivity contribution in [1.82, 2.24) is 19.5 Å². The van der Waals surface area contributed by atoms with Gasteiger partial charge in [-0.2, -0.15) is 0 Å². The highest BCUT2D eigenvalue weighted by atomic mass is 127. The van der Waals surface area contributed by atoms with Crippen molar-refractivity contribution in [3.63, 3.8) is 0 Å². The van der Waals surface area contributed by atoms with Crippen LogP contribution in [0, 0.1) is 3.83 Å². The number of hydrogen-bond acceptors (Lipinski definition) is 7. The second-order valence-electron chi connectivity index (χ2n) is 5.46. The molecule has 0 aliphatic carbocycles. The molecule has 0 radical (unpaired) electrons. The molecule has 1 atom stereocenters. The van der Waals surface area contributed by atoms with E-state index in [1.54, 1.807) is 6.33 Å². The summed E-state index contributed by atoms with van der Waals surface area (Å²) in [5.41, 5.74) is 1.59. The van der Waals surface area contributed by atoms with Gasteiger partial charge in [0.15, 0.2) is 20.8 Å². The highest BCUT2D eigenvalue weighted by Crippen LogP contribution is 2.33. The number of hydrogen-bond donors (Lipinski definition) is 3. The second kappa shape index (κ2) is 6.06. The van der Waals surface area contributed by atoms with E-state index in [2.05, 4.69) is 20.3 Å². The Hall–Kier alpha value is -2.14. The summed E-state index contributed by atoms with van der Waals surface area (Å²) in [6.07, 6.45) is 3.55. The highest BCUT2D eigenvalue weighted by Gasteiger charge is 2.22. The van der Waals surface area contributed by atoms with E-state index in [0.717, 1.165) is 19.4 Å². The fourth-order valence-electron chi connectivity index (χ4n) is 2.72. The topological polar surface area (TPSA) is 105 Å². The smallest absolute Gasteiger partial charge is 0.194 e. The van der Waals surface area contributed by atoms with Gasteiger partial charge >= 0.3 is 0 Å². The summed E-state index contributed by atoms with van der Waals surface area (Å²) in [6, 6.07) is 4.24. The maximum absolute atomic E-state index is 9.95. The predicted octanol–water partition coefficient (Wildman–Crippen LogP) is 2.89. The zero-order valence-corrected chi connectivity index (χ0v) is 14.6. The lowest BCUT2D eigenvalue weighted by atomic mass is 10.2. The zero-order chi connectivity index (χ0) is 16.7. The van der Waals surface area contributed by atoms with Gasteiger partial charge in [-0.25, -0.2) is 15.0 Å². The summed E-state index contributed by atoms with van der Waals surface area (Å²) >= 11 is 2.03. The Kier molecular flexibility index (Phi) is 3.88. The minimum Gasteiger partial charge on any atom is -0.508 e. The molecular weight excluding hydrogens is 425 g/mol. The molecule has 124 valence electrons. The van der Waals surface area contributed by atoms with E-state index in [-0.39, 0.29) is 17.7 Å². The van der Waals surface area contributed by atoms with Crippen molar-refractivity contribution >= 4 is 45.3 Å². The molecule has 2 aromatic heterocycles. The maximum atomic E-state index is 9.95. The summed E-state index contributed by atoms with van der Waals surface area (Å²) in [5.74, 6) is 0.510. The number of benzene rings is 1. The standard InChI is InChI=1S/C15H14IN5O3/c16-15-19-13(18-9-6-8(22)3-4-10(9)23)12-14(20-15)21(7-17-12)11-2-1-5-24-11/h3-4,6-7,11,22-23H,1-2,5H2,(H,18,19,20). The summed E-state index contributed by atoms with van der Waals surface area (Å²) in [4.78, 5) is 13.2. The number of nitrogens with one attached hydrogen (secondary N) is 1. The quantitative estimate of drug-likeness (QED) is 0.250. The van der Waals surface area contributed by atoms with E-state index in [0.29, 0.717) is 26.5 Å². The Bertz CT molecular complexity index is 908. The lowest BCUT2D eigenvalue weighted by molar-refractivity contribution is 0.0592. The first-order valence-corrected chi connectivity index (χ1v) is 8.50. The molecule has 0 bridgehead atoms. The summed E-state index contributed by atoms with van der Waals surface area (Å²) in [7, 11) is 0. The van der Waals surface area contributed by atoms with E-state index in [1.165, 1.54) is 18.2 Å². The van der Waals surface area contributed by atoms with Crippen molar-refractivity contribution in [1.29, 1.82) is 0 Å². The van der Waals surface area contributed by atoms with Gasteiger partial charge in [-0.15, -0.1) is 0 Å². The third kappa shape index (κ3) is 2.73. The largest absolute Gasteiger partial charge is 0.508 e. The van der Waals surface area contributed by atoms with Crippen LogP contribution < -0.4 is 5.32 Å². The molecule has 0 spiro atoms. The van der Waals surface area contributed by atoms with Gasteiger partial charge in [-0.1, -0.05) is 0 Å². The van der Waals surface area contributed by atoms with Gasteiger partial charge in [0.05, 0.1) is 12.0 Å². The molecule has 1 unspecified atom stereocenters. The Labute approximate surface area is 150 Å². The monoisotopic (exact) mass is 439 g/mol. The van der Waals surface area contributed by atoms with Crippen LogP contribution in [0.2, 0.25) is 0 Å². The lowest BCUT2D eigenvalue weighted by Gasteiger charge is -2.12. The molecule has 9 heteroatoms. The fraction of sp³-hybridized carbons (Fsp3) is 0.267. The minimum atomic E-state index is -0.0669. The van der Waals surface area contributed by atoms with Crippen molar-refractivity contribution in [2.45, 2.75) is 19.1 Å². The second-order valence-corrected chi connectivity index (χ2v) is 6.42. The van der Waals surface area contributed by atoms with Gasteiger partial charge < -0.3 is 20.3 Å². The molecule has 24 heavy (non-hydrogen) atoms. The number of phenols is 2. The Morgan fingerprint density at radius 3 is 2.96 bits per heavy atom. The van der Waals surface area contributed by atoms with E-state index in [1.807, 2.05) is 27.2 Å². The van der Waals surface area contributed by atoms with Crippen LogP contribution in [0.3, 0.4) is 0 Å². The molecule has 1 aliphatic rings. The van der Waals surface area contributed by atoms with Crippen molar-refractivity contribution in [2.75, 3.05) is 11.9 Å². The fourth-order valence-corrected chi connectivity index (χ4v) is 3.19. The summed E-state index contributed by atoms with van der Waals surface area (Å²) in [5, 5.41) is 22.6. The first-order valence-electron chi connectivity index (χ1n) is 7.42. The van der Waals surface area contributed by atoms with Gasteiger partial charge in [0.2, 0.25) is 0 Å². The molecule has 3 heterocycles. The van der Waals surface area contributed by atoms with Crippen molar-refractivity contribution in [3.8, 4) is 11.5 Å². The lowest BCUT2D eigenvalue weighted by Crippen LogP contribution is -2.08. The van der Waals surface area contributed by atoms with E-state index >= 15 is 0 Å². The number of imidazole rings is 1. The number of aromatic hydroxyl groups is 2. The Balaban J connectivity index is 1.79. The molecule has 3 N–H and O–H groups in total. The highest BCUT2D eigenvalue weighted by molar-refractivity contribution is 14.1. The third-order valence-corrected chi connectivity index (χ3v) is 4.33. The molecule has 0 amide bonds. The third-order valence-electron chi connectivity index (χ3n) is 3.84. The number of aromatic nitrogens is 4. The van der Waals surface area contributed by atoms with Gasteiger partial charge in [-0.05, 0) is 25.0 Å². The zero-order valence-electron chi connectivity index (χ0n) is 12.5. The number of ether oxygens (including phenoxy) is 1. The molecule has 8 nitrogen and oxygen atoms in total. The van der Waals surface area contributed by atoms with E-state index < -0.39 is 0 Å². The van der Waals surface area contributed by atoms with Crippen molar-refractivity contribution < 1.29 is 14.9 Å². The van der Waals surface area contributed by atoms with Crippen LogP contribution in [0.25, 0.3) is 11.2 Å². The Morgan fingerprint density at radius 2 is 2.17 bits per heavy atom. The molecule has 4 rings (SSSR count). The van der Waals surface area contributed by atoms with Gasteiger partial charge in [0.25, 0.3) is 0 Å². The van der Waals surface area contributed by atoms with Gasteiger partial charge in [0.1, 0.15) is 17.7 Å². The number of anilines is 2. The maximum Gasteiger partial charge on any atom is 0.194 e. The van der Waals surface area contributed by atoms with Gasteiger partial charge in [-0.3, -0.25) is 4.57 Å².